The van der Waals surface area contributed by atoms with Crippen LogP contribution in [0.1, 0.15) is 21.6 Å². The summed E-state index contributed by atoms with van der Waals surface area (Å²) in [7, 11) is 3.14. The molecule has 0 fully saturated rings. The first kappa shape index (κ1) is 18.4. The van der Waals surface area contributed by atoms with Gasteiger partial charge in [0, 0.05) is 53.0 Å². The maximum atomic E-state index is 13.1. The van der Waals surface area contributed by atoms with E-state index in [1.54, 1.807) is 32.4 Å². The number of H-pyrrole nitrogens is 1. The highest BCUT2D eigenvalue weighted by Gasteiger charge is 2.27. The fraction of sp³-hybridized carbons (Fsp3) is 0.238. The molecule has 0 aliphatic carbocycles. The molecule has 0 saturated carbocycles. The lowest BCUT2D eigenvalue weighted by molar-refractivity contribution is 0.0734. The molecule has 7 heteroatoms. The molecule has 0 unspecified atom stereocenters. The zero-order chi connectivity index (χ0) is 19.7. The Kier molecular flexibility index (Phi) is 4.96. The Morgan fingerprint density at radius 3 is 2.43 bits per heavy atom. The fourth-order valence-corrected chi connectivity index (χ4v) is 3.55. The molecule has 3 aromatic rings. The van der Waals surface area contributed by atoms with Gasteiger partial charge in [-0.2, -0.15) is 5.10 Å². The van der Waals surface area contributed by atoms with Crippen molar-refractivity contribution in [3.8, 4) is 22.8 Å². The predicted octanol–water partition coefficient (Wildman–Crippen LogP) is 3.95. The third-order valence-corrected chi connectivity index (χ3v) is 5.19. The van der Waals surface area contributed by atoms with Gasteiger partial charge in [-0.05, 0) is 24.3 Å². The number of methoxy groups -OCH3 is 2. The maximum absolute atomic E-state index is 13.1. The summed E-state index contributed by atoms with van der Waals surface area (Å²) in [5.74, 6) is 1.11. The molecule has 0 spiro atoms. The van der Waals surface area contributed by atoms with Crippen molar-refractivity contribution in [2.24, 2.45) is 0 Å². The van der Waals surface area contributed by atoms with Gasteiger partial charge in [0.25, 0.3) is 5.91 Å². The number of aromatic amines is 1. The number of hydrogen-bond acceptors (Lipinski definition) is 4. The summed E-state index contributed by atoms with van der Waals surface area (Å²) in [4.78, 5) is 15.0. The maximum Gasteiger partial charge on any atom is 0.254 e. The largest absolute Gasteiger partial charge is 0.497 e. The second-order valence-electron chi connectivity index (χ2n) is 6.61. The molecule has 6 nitrogen and oxygen atoms in total. The molecule has 1 aliphatic heterocycles. The highest BCUT2D eigenvalue weighted by Crippen LogP contribution is 2.30. The molecular weight excluding hydrogens is 378 g/mol. The molecule has 0 saturated heterocycles. The van der Waals surface area contributed by atoms with Crippen molar-refractivity contribution in [2.45, 2.75) is 13.0 Å². The first-order chi connectivity index (χ1) is 13.6. The minimum atomic E-state index is -0.0638. The highest BCUT2D eigenvalue weighted by molar-refractivity contribution is 6.30. The zero-order valence-corrected chi connectivity index (χ0v) is 16.4. The van der Waals surface area contributed by atoms with Crippen LogP contribution in [0.15, 0.2) is 42.5 Å². The second kappa shape index (κ2) is 7.56. The number of carbonyl (C=O) groups excluding carboxylic acids is 1. The molecule has 2 aromatic carbocycles. The van der Waals surface area contributed by atoms with E-state index in [4.69, 9.17) is 21.1 Å². The van der Waals surface area contributed by atoms with E-state index in [-0.39, 0.29) is 5.91 Å². The monoisotopic (exact) mass is 397 g/mol. The third-order valence-electron chi connectivity index (χ3n) is 4.94. The van der Waals surface area contributed by atoms with Crippen molar-refractivity contribution in [1.29, 1.82) is 0 Å². The van der Waals surface area contributed by atoms with Crippen molar-refractivity contribution in [1.82, 2.24) is 15.1 Å². The van der Waals surface area contributed by atoms with Crippen LogP contribution in [0.3, 0.4) is 0 Å². The first-order valence-corrected chi connectivity index (χ1v) is 9.31. The lowest BCUT2D eigenvalue weighted by atomic mass is 10.0. The Labute approximate surface area is 168 Å². The number of amides is 1. The van der Waals surface area contributed by atoms with Gasteiger partial charge in [0.15, 0.2) is 0 Å². The fourth-order valence-electron chi connectivity index (χ4n) is 3.43. The summed E-state index contributed by atoms with van der Waals surface area (Å²) in [5.41, 5.74) is 4.47. The van der Waals surface area contributed by atoms with E-state index in [1.165, 1.54) is 0 Å². The number of nitrogens with one attached hydrogen (secondary N) is 1. The van der Waals surface area contributed by atoms with Gasteiger partial charge in [0.05, 0.1) is 19.9 Å². The van der Waals surface area contributed by atoms with E-state index in [2.05, 4.69) is 10.2 Å². The summed E-state index contributed by atoms with van der Waals surface area (Å²) in [5, 5.41) is 8.26. The summed E-state index contributed by atoms with van der Waals surface area (Å²) < 4.78 is 10.6. The molecule has 0 atom stereocenters. The molecule has 28 heavy (non-hydrogen) atoms. The average Bonchev–Trinajstić information content (AvgIpc) is 3.16. The van der Waals surface area contributed by atoms with Crippen LogP contribution < -0.4 is 9.47 Å². The van der Waals surface area contributed by atoms with E-state index < -0.39 is 0 Å². The topological polar surface area (TPSA) is 67.5 Å². The Morgan fingerprint density at radius 1 is 1.11 bits per heavy atom. The van der Waals surface area contributed by atoms with Crippen molar-refractivity contribution < 1.29 is 14.3 Å². The van der Waals surface area contributed by atoms with Crippen molar-refractivity contribution in [3.05, 3.63) is 64.3 Å². The van der Waals surface area contributed by atoms with Gasteiger partial charge in [-0.1, -0.05) is 23.7 Å². The Morgan fingerprint density at radius 2 is 1.79 bits per heavy atom. The molecule has 0 radical (unpaired) electrons. The molecule has 0 bridgehead atoms. The lowest BCUT2D eigenvalue weighted by Crippen LogP contribution is -2.36. The highest BCUT2D eigenvalue weighted by atomic mass is 35.5. The van der Waals surface area contributed by atoms with Gasteiger partial charge in [-0.15, -0.1) is 0 Å². The average molecular weight is 398 g/mol. The number of benzene rings is 2. The van der Waals surface area contributed by atoms with Crippen LogP contribution in [0, 0.1) is 0 Å². The van der Waals surface area contributed by atoms with E-state index in [0.29, 0.717) is 35.2 Å². The first-order valence-electron chi connectivity index (χ1n) is 8.93. The molecule has 1 aliphatic rings. The van der Waals surface area contributed by atoms with Crippen molar-refractivity contribution in [2.75, 3.05) is 20.8 Å². The number of nitrogens with zero attached hydrogens (tertiary/aromatic N) is 2. The smallest absolute Gasteiger partial charge is 0.254 e. The van der Waals surface area contributed by atoms with Crippen LogP contribution in [0.25, 0.3) is 11.3 Å². The van der Waals surface area contributed by atoms with Gasteiger partial charge in [0.2, 0.25) is 0 Å². The van der Waals surface area contributed by atoms with E-state index >= 15 is 0 Å². The van der Waals surface area contributed by atoms with Crippen LogP contribution in [0.5, 0.6) is 11.5 Å². The van der Waals surface area contributed by atoms with Crippen molar-refractivity contribution >= 4 is 17.5 Å². The summed E-state index contributed by atoms with van der Waals surface area (Å²) in [6, 6.07) is 12.8. The molecule has 1 N–H and O–H groups in total. The Balaban J connectivity index is 1.63. The van der Waals surface area contributed by atoms with Crippen molar-refractivity contribution in [3.63, 3.8) is 0 Å². The van der Waals surface area contributed by atoms with Crippen LogP contribution in [0.4, 0.5) is 0 Å². The summed E-state index contributed by atoms with van der Waals surface area (Å²) in [6.45, 7) is 1.11. The van der Waals surface area contributed by atoms with E-state index in [0.717, 1.165) is 28.9 Å². The Bertz CT molecular complexity index is 992. The SMILES string of the molecule is COc1cc(OC)cc(C(=O)N2CCc3[nH]nc(-c4ccc(Cl)cc4)c3C2)c1. The minimum Gasteiger partial charge on any atom is -0.497 e. The quantitative estimate of drug-likeness (QED) is 0.723. The molecule has 2 heterocycles. The van der Waals surface area contributed by atoms with Gasteiger partial charge < -0.3 is 14.4 Å². The second-order valence-corrected chi connectivity index (χ2v) is 7.05. The molecule has 1 amide bonds. The minimum absolute atomic E-state index is 0.0638. The number of rotatable bonds is 4. The lowest BCUT2D eigenvalue weighted by Gasteiger charge is -2.27. The van der Waals surface area contributed by atoms with Crippen LogP contribution >= 0.6 is 11.6 Å². The Hall–Kier alpha value is -2.99. The van der Waals surface area contributed by atoms with Crippen LogP contribution in [-0.2, 0) is 13.0 Å². The summed E-state index contributed by atoms with van der Waals surface area (Å²) >= 11 is 6.00. The number of aromatic nitrogens is 2. The van der Waals surface area contributed by atoms with E-state index in [9.17, 15) is 4.79 Å². The molecular formula is C21H20ClN3O3. The molecule has 4 rings (SSSR count). The molecule has 144 valence electrons. The van der Waals surface area contributed by atoms with Crippen LogP contribution in [0.2, 0.25) is 5.02 Å². The zero-order valence-electron chi connectivity index (χ0n) is 15.7. The molecule has 1 aromatic heterocycles. The number of halogens is 1. The van der Waals surface area contributed by atoms with Crippen LogP contribution in [-0.4, -0.2) is 41.8 Å². The number of hydrogen-bond donors (Lipinski definition) is 1. The number of ether oxygens (including phenoxy) is 2. The standard InChI is InChI=1S/C21H20ClN3O3/c1-27-16-9-14(10-17(11-16)28-2)21(26)25-8-7-19-18(12-25)20(24-23-19)13-3-5-15(22)6-4-13/h3-6,9-11H,7-8,12H2,1-2H3,(H,23,24). The van der Waals surface area contributed by atoms with Gasteiger partial charge >= 0.3 is 0 Å². The third kappa shape index (κ3) is 3.43. The summed E-state index contributed by atoms with van der Waals surface area (Å²) in [6.07, 6.45) is 0.725. The van der Waals surface area contributed by atoms with Gasteiger partial charge in [-0.3, -0.25) is 9.89 Å². The van der Waals surface area contributed by atoms with Gasteiger partial charge in [0.1, 0.15) is 11.5 Å². The normalized spacial score (nSPS) is 13.2. The number of fused-ring (bicyclic) bond motifs is 1. The number of carbonyl (C=O) groups is 1. The van der Waals surface area contributed by atoms with Gasteiger partial charge in [-0.25, -0.2) is 0 Å². The predicted molar refractivity (Wildman–Crippen MR) is 107 cm³/mol. The van der Waals surface area contributed by atoms with E-state index in [1.807, 2.05) is 29.2 Å².